The molecule has 0 unspecified atom stereocenters. The molecule has 1 amide bonds. The Morgan fingerprint density at radius 1 is 1.29 bits per heavy atom. The van der Waals surface area contributed by atoms with Gasteiger partial charge in [0, 0.05) is 23.7 Å². The molecule has 6 heteroatoms. The molecule has 0 saturated heterocycles. The summed E-state index contributed by atoms with van der Waals surface area (Å²) in [6.45, 7) is 0.546. The highest BCUT2D eigenvalue weighted by Crippen LogP contribution is 2.32. The lowest BCUT2D eigenvalue weighted by Gasteiger charge is -2.18. The number of thiophene rings is 1. The summed E-state index contributed by atoms with van der Waals surface area (Å²) < 4.78 is 10.4. The van der Waals surface area contributed by atoms with Crippen molar-refractivity contribution < 1.29 is 14.3 Å². The van der Waals surface area contributed by atoms with E-state index in [1.54, 1.807) is 35.4 Å². The lowest BCUT2D eigenvalue weighted by molar-refractivity contribution is 0.0787. The maximum absolute atomic E-state index is 12.5. The van der Waals surface area contributed by atoms with Crippen molar-refractivity contribution in [3.05, 3.63) is 40.1 Å². The molecule has 0 aliphatic heterocycles. The molecule has 0 bridgehead atoms. The molecule has 0 fully saturated rings. The van der Waals surface area contributed by atoms with Gasteiger partial charge in [-0.15, -0.1) is 11.3 Å². The maximum atomic E-state index is 12.5. The average molecular weight is 306 g/mol. The largest absolute Gasteiger partial charge is 0.493 e. The normalized spacial score (nSPS) is 10.2. The highest BCUT2D eigenvalue weighted by Gasteiger charge is 2.18. The van der Waals surface area contributed by atoms with E-state index in [0.29, 0.717) is 29.3 Å². The Bertz CT molecular complexity index is 626. The van der Waals surface area contributed by atoms with E-state index >= 15 is 0 Å². The Kier molecular flexibility index (Phi) is 4.70. The van der Waals surface area contributed by atoms with Crippen LogP contribution in [-0.4, -0.2) is 32.1 Å². The van der Waals surface area contributed by atoms with E-state index in [0.717, 1.165) is 4.88 Å². The number of hydrogen-bond acceptors (Lipinski definition) is 5. The first kappa shape index (κ1) is 15.2. The van der Waals surface area contributed by atoms with Gasteiger partial charge < -0.3 is 20.1 Å². The van der Waals surface area contributed by atoms with E-state index in [2.05, 4.69) is 0 Å². The molecule has 1 aromatic carbocycles. The van der Waals surface area contributed by atoms with Gasteiger partial charge in [-0.2, -0.15) is 0 Å². The summed E-state index contributed by atoms with van der Waals surface area (Å²) in [5, 5.41) is 1.98. The second kappa shape index (κ2) is 6.49. The van der Waals surface area contributed by atoms with Crippen LogP contribution in [0.2, 0.25) is 0 Å². The van der Waals surface area contributed by atoms with Crippen molar-refractivity contribution in [1.82, 2.24) is 4.90 Å². The second-order valence-electron chi connectivity index (χ2n) is 4.54. The third-order valence-corrected chi connectivity index (χ3v) is 3.97. The van der Waals surface area contributed by atoms with Crippen LogP contribution in [0.5, 0.6) is 11.5 Å². The maximum Gasteiger partial charge on any atom is 0.256 e. The number of carbonyl (C=O) groups is 1. The number of anilines is 1. The van der Waals surface area contributed by atoms with Gasteiger partial charge >= 0.3 is 0 Å². The fraction of sp³-hybridized carbons (Fsp3) is 0.267. The van der Waals surface area contributed by atoms with E-state index in [4.69, 9.17) is 15.2 Å². The quantitative estimate of drug-likeness (QED) is 0.862. The minimum absolute atomic E-state index is 0.151. The Balaban J connectivity index is 2.25. The zero-order valence-electron chi connectivity index (χ0n) is 12.3. The van der Waals surface area contributed by atoms with Crippen molar-refractivity contribution in [2.45, 2.75) is 6.54 Å². The van der Waals surface area contributed by atoms with Crippen LogP contribution in [0.1, 0.15) is 15.2 Å². The minimum Gasteiger partial charge on any atom is -0.493 e. The molecule has 21 heavy (non-hydrogen) atoms. The first-order chi connectivity index (χ1) is 10.1. The van der Waals surface area contributed by atoms with E-state index in [-0.39, 0.29) is 5.91 Å². The number of rotatable bonds is 5. The summed E-state index contributed by atoms with van der Waals surface area (Å²) in [6.07, 6.45) is 0. The molecule has 5 nitrogen and oxygen atoms in total. The SMILES string of the molecule is COc1cc(N)c(C(=O)N(C)Cc2cccs2)cc1OC. The summed E-state index contributed by atoms with van der Waals surface area (Å²) in [7, 11) is 4.80. The number of nitrogens with zero attached hydrogens (tertiary/aromatic N) is 1. The molecule has 112 valence electrons. The molecule has 1 aromatic heterocycles. The lowest BCUT2D eigenvalue weighted by Crippen LogP contribution is -2.26. The number of benzene rings is 1. The molecule has 0 saturated carbocycles. The Morgan fingerprint density at radius 3 is 2.52 bits per heavy atom. The third-order valence-electron chi connectivity index (χ3n) is 3.11. The van der Waals surface area contributed by atoms with Crippen molar-refractivity contribution in [3.8, 4) is 11.5 Å². The van der Waals surface area contributed by atoms with Gasteiger partial charge in [0.25, 0.3) is 5.91 Å². The molecule has 2 rings (SSSR count). The Morgan fingerprint density at radius 2 is 1.95 bits per heavy atom. The summed E-state index contributed by atoms with van der Waals surface area (Å²) in [4.78, 5) is 15.3. The molecule has 0 spiro atoms. The molecule has 2 N–H and O–H groups in total. The van der Waals surface area contributed by atoms with Crippen LogP contribution in [0.3, 0.4) is 0 Å². The van der Waals surface area contributed by atoms with Crippen molar-refractivity contribution in [3.63, 3.8) is 0 Å². The van der Waals surface area contributed by atoms with Gasteiger partial charge in [-0.25, -0.2) is 0 Å². The Hall–Kier alpha value is -2.21. The van der Waals surface area contributed by atoms with Crippen LogP contribution in [0.15, 0.2) is 29.6 Å². The molecular formula is C15H18N2O3S. The van der Waals surface area contributed by atoms with Gasteiger partial charge in [-0.1, -0.05) is 6.07 Å². The molecule has 1 heterocycles. The first-order valence-electron chi connectivity index (χ1n) is 6.36. The third kappa shape index (κ3) is 3.28. The van der Waals surface area contributed by atoms with E-state index in [1.807, 2.05) is 17.5 Å². The minimum atomic E-state index is -0.151. The first-order valence-corrected chi connectivity index (χ1v) is 7.24. The smallest absolute Gasteiger partial charge is 0.256 e. The highest BCUT2D eigenvalue weighted by atomic mass is 32.1. The zero-order chi connectivity index (χ0) is 15.4. The summed E-state index contributed by atoms with van der Waals surface area (Å²) in [5.41, 5.74) is 6.73. The van der Waals surface area contributed by atoms with Crippen LogP contribution in [-0.2, 0) is 6.54 Å². The van der Waals surface area contributed by atoms with Crippen LogP contribution in [0, 0.1) is 0 Å². The van der Waals surface area contributed by atoms with Crippen LogP contribution < -0.4 is 15.2 Å². The van der Waals surface area contributed by atoms with Crippen molar-refractivity contribution in [2.75, 3.05) is 27.0 Å². The number of ether oxygens (including phenoxy) is 2. The highest BCUT2D eigenvalue weighted by molar-refractivity contribution is 7.09. The standard InChI is InChI=1S/C15H18N2O3S/c1-17(9-10-5-4-6-21-10)15(18)11-7-13(19-2)14(20-3)8-12(11)16/h4-8H,9,16H2,1-3H3. The molecule has 0 atom stereocenters. The summed E-state index contributed by atoms with van der Waals surface area (Å²) in [5.74, 6) is 0.842. The fourth-order valence-corrected chi connectivity index (χ4v) is 2.75. The fourth-order valence-electron chi connectivity index (χ4n) is 1.99. The van der Waals surface area contributed by atoms with Gasteiger partial charge in [-0.3, -0.25) is 4.79 Å². The number of nitrogens with two attached hydrogens (primary N) is 1. The van der Waals surface area contributed by atoms with E-state index < -0.39 is 0 Å². The Labute approximate surface area is 127 Å². The van der Waals surface area contributed by atoms with E-state index in [1.165, 1.54) is 14.2 Å². The lowest BCUT2D eigenvalue weighted by atomic mass is 10.1. The second-order valence-corrected chi connectivity index (χ2v) is 5.57. The molecule has 0 aliphatic carbocycles. The van der Waals surface area contributed by atoms with E-state index in [9.17, 15) is 4.79 Å². The average Bonchev–Trinajstić information content (AvgIpc) is 2.99. The van der Waals surface area contributed by atoms with Crippen molar-refractivity contribution in [1.29, 1.82) is 0 Å². The summed E-state index contributed by atoms with van der Waals surface area (Å²) >= 11 is 1.61. The molecule has 0 aliphatic rings. The number of amides is 1. The van der Waals surface area contributed by atoms with Crippen LogP contribution >= 0.6 is 11.3 Å². The van der Waals surface area contributed by atoms with Crippen molar-refractivity contribution in [2.24, 2.45) is 0 Å². The predicted octanol–water partition coefficient (Wildman–Crippen LogP) is 2.62. The van der Waals surface area contributed by atoms with Crippen LogP contribution in [0.4, 0.5) is 5.69 Å². The summed E-state index contributed by atoms with van der Waals surface area (Å²) in [6, 6.07) is 7.17. The van der Waals surface area contributed by atoms with Gasteiger partial charge in [0.05, 0.1) is 26.3 Å². The monoisotopic (exact) mass is 306 g/mol. The van der Waals surface area contributed by atoms with Gasteiger partial charge in [0.2, 0.25) is 0 Å². The molecule has 0 radical (unpaired) electrons. The topological polar surface area (TPSA) is 64.8 Å². The zero-order valence-corrected chi connectivity index (χ0v) is 13.1. The molecule has 2 aromatic rings. The number of hydrogen-bond donors (Lipinski definition) is 1. The van der Waals surface area contributed by atoms with Gasteiger partial charge in [0.1, 0.15) is 0 Å². The predicted molar refractivity (Wildman–Crippen MR) is 84.1 cm³/mol. The van der Waals surface area contributed by atoms with Crippen molar-refractivity contribution >= 4 is 22.9 Å². The van der Waals surface area contributed by atoms with Crippen LogP contribution in [0.25, 0.3) is 0 Å². The number of nitrogen functional groups attached to an aromatic ring is 1. The molecular weight excluding hydrogens is 288 g/mol. The van der Waals surface area contributed by atoms with Gasteiger partial charge in [0.15, 0.2) is 11.5 Å². The van der Waals surface area contributed by atoms with Gasteiger partial charge in [-0.05, 0) is 17.5 Å². The number of methoxy groups -OCH3 is 2. The number of carbonyl (C=O) groups excluding carboxylic acids is 1.